The first-order chi connectivity index (χ1) is 13.2. The molecule has 1 aromatic carbocycles. The summed E-state index contributed by atoms with van der Waals surface area (Å²) in [5.74, 6) is 2.26. The maximum absolute atomic E-state index is 13.8. The van der Waals surface area contributed by atoms with Crippen molar-refractivity contribution in [1.82, 2.24) is 0 Å². The Morgan fingerprint density at radius 1 is 0.778 bits per heavy atom. The minimum atomic E-state index is -0.707. The number of hydrogen-bond donors (Lipinski definition) is 0. The molecule has 2 heteroatoms. The molecule has 27 heavy (non-hydrogen) atoms. The van der Waals surface area contributed by atoms with E-state index in [1.807, 2.05) is 0 Å². The van der Waals surface area contributed by atoms with E-state index in [2.05, 4.69) is 6.92 Å². The molecule has 0 saturated heterocycles. The molecule has 0 atom stereocenters. The molecule has 0 heterocycles. The van der Waals surface area contributed by atoms with Gasteiger partial charge in [-0.2, -0.15) is 0 Å². The second-order valence-electron chi connectivity index (χ2n) is 9.31. The van der Waals surface area contributed by atoms with Crippen LogP contribution in [0.25, 0.3) is 0 Å². The monoisotopic (exact) mass is 376 g/mol. The maximum atomic E-state index is 13.8. The Morgan fingerprint density at radius 2 is 1.37 bits per heavy atom. The lowest BCUT2D eigenvalue weighted by Crippen LogP contribution is -2.26. The highest BCUT2D eigenvalue weighted by atomic mass is 19.2. The largest absolute Gasteiger partial charge is 0.204 e. The van der Waals surface area contributed by atoms with E-state index < -0.39 is 11.6 Å². The Kier molecular flexibility index (Phi) is 8.15. The van der Waals surface area contributed by atoms with Gasteiger partial charge in [-0.05, 0) is 73.8 Å². The molecule has 0 aromatic heterocycles. The third kappa shape index (κ3) is 6.03. The standard InChI is InChI=1S/C25H38F2/c1-2-3-4-6-19-9-14-21(15-10-19)22-16-11-20(12-17-22)13-18-23-7-5-8-24(26)25(23)27/h5,7-8,19-22H,2-4,6,9-18H2,1H3/t19-,20?,21-,22?. The van der Waals surface area contributed by atoms with E-state index in [1.165, 1.54) is 83.1 Å². The topological polar surface area (TPSA) is 0 Å². The number of halogens is 2. The SMILES string of the molecule is CCCCC[C@H]1CC[C@H](C2CCC(CCc3cccc(F)c3F)CC2)CC1. The Hall–Kier alpha value is -0.920. The molecule has 2 fully saturated rings. The molecule has 0 N–H and O–H groups in total. The molecule has 0 spiro atoms. The van der Waals surface area contributed by atoms with Crippen LogP contribution in [-0.2, 0) is 6.42 Å². The van der Waals surface area contributed by atoms with Crippen LogP contribution in [0.2, 0.25) is 0 Å². The van der Waals surface area contributed by atoms with Crippen molar-refractivity contribution in [3.63, 3.8) is 0 Å². The van der Waals surface area contributed by atoms with E-state index in [9.17, 15) is 8.78 Å². The van der Waals surface area contributed by atoms with Gasteiger partial charge in [-0.3, -0.25) is 0 Å². The fourth-order valence-corrected chi connectivity index (χ4v) is 5.68. The van der Waals surface area contributed by atoms with Gasteiger partial charge < -0.3 is 0 Å². The molecular formula is C25H38F2. The first-order valence-electron chi connectivity index (χ1n) is 11.6. The zero-order valence-corrected chi connectivity index (χ0v) is 17.2. The normalized spacial score (nSPS) is 29.0. The van der Waals surface area contributed by atoms with Crippen molar-refractivity contribution in [3.8, 4) is 0 Å². The van der Waals surface area contributed by atoms with E-state index in [4.69, 9.17) is 0 Å². The molecular weight excluding hydrogens is 338 g/mol. The molecule has 152 valence electrons. The Bertz CT molecular complexity index is 551. The van der Waals surface area contributed by atoms with Gasteiger partial charge in [0.25, 0.3) is 0 Å². The predicted octanol–water partition coefficient (Wildman–Crippen LogP) is 8.09. The quantitative estimate of drug-likeness (QED) is 0.402. The zero-order chi connectivity index (χ0) is 19.1. The van der Waals surface area contributed by atoms with E-state index in [-0.39, 0.29) is 0 Å². The van der Waals surface area contributed by atoms with Gasteiger partial charge in [0.15, 0.2) is 11.6 Å². The lowest BCUT2D eigenvalue weighted by atomic mass is 9.68. The van der Waals surface area contributed by atoms with Crippen LogP contribution in [0.15, 0.2) is 18.2 Å². The first-order valence-corrected chi connectivity index (χ1v) is 11.6. The summed E-state index contributed by atoms with van der Waals surface area (Å²) in [5.41, 5.74) is 0.554. The van der Waals surface area contributed by atoms with Crippen LogP contribution in [0, 0.1) is 35.3 Å². The summed E-state index contributed by atoms with van der Waals surface area (Å²) in [6.45, 7) is 2.29. The van der Waals surface area contributed by atoms with Gasteiger partial charge in [0.05, 0.1) is 0 Å². The van der Waals surface area contributed by atoms with Crippen molar-refractivity contribution in [2.24, 2.45) is 23.7 Å². The molecule has 0 amide bonds. The third-order valence-corrected chi connectivity index (χ3v) is 7.52. The highest BCUT2D eigenvalue weighted by Gasteiger charge is 2.30. The van der Waals surface area contributed by atoms with Gasteiger partial charge in [0.2, 0.25) is 0 Å². The van der Waals surface area contributed by atoms with Crippen molar-refractivity contribution >= 4 is 0 Å². The number of rotatable bonds is 8. The molecule has 0 unspecified atom stereocenters. The van der Waals surface area contributed by atoms with Crippen molar-refractivity contribution < 1.29 is 8.78 Å². The number of hydrogen-bond acceptors (Lipinski definition) is 0. The van der Waals surface area contributed by atoms with Crippen LogP contribution >= 0.6 is 0 Å². The van der Waals surface area contributed by atoms with Gasteiger partial charge in [-0.15, -0.1) is 0 Å². The fourth-order valence-electron chi connectivity index (χ4n) is 5.68. The van der Waals surface area contributed by atoms with Crippen LogP contribution in [0.4, 0.5) is 8.78 Å². The number of unbranched alkanes of at least 4 members (excludes halogenated alkanes) is 2. The van der Waals surface area contributed by atoms with Crippen molar-refractivity contribution in [2.75, 3.05) is 0 Å². The molecule has 2 saturated carbocycles. The lowest BCUT2D eigenvalue weighted by Gasteiger charge is -2.38. The fraction of sp³-hybridized carbons (Fsp3) is 0.760. The van der Waals surface area contributed by atoms with Crippen molar-refractivity contribution in [3.05, 3.63) is 35.4 Å². The Morgan fingerprint density at radius 3 is 1.96 bits per heavy atom. The minimum absolute atomic E-state index is 0.554. The average Bonchev–Trinajstić information content (AvgIpc) is 2.70. The molecule has 0 radical (unpaired) electrons. The smallest absolute Gasteiger partial charge is 0.162 e. The summed E-state index contributed by atoms with van der Waals surface area (Å²) in [7, 11) is 0. The van der Waals surface area contributed by atoms with Crippen LogP contribution in [0.1, 0.15) is 96.0 Å². The van der Waals surface area contributed by atoms with Crippen LogP contribution < -0.4 is 0 Å². The zero-order valence-electron chi connectivity index (χ0n) is 17.2. The average molecular weight is 377 g/mol. The summed E-state index contributed by atoms with van der Waals surface area (Å²) in [4.78, 5) is 0. The van der Waals surface area contributed by atoms with Crippen LogP contribution in [-0.4, -0.2) is 0 Å². The van der Waals surface area contributed by atoms with Crippen molar-refractivity contribution in [1.29, 1.82) is 0 Å². The lowest BCUT2D eigenvalue weighted by molar-refractivity contribution is 0.140. The van der Waals surface area contributed by atoms with Gasteiger partial charge >= 0.3 is 0 Å². The first kappa shape index (κ1) is 20.8. The number of aryl methyl sites for hydroxylation is 1. The Labute approximate surface area is 165 Å². The van der Waals surface area contributed by atoms with E-state index >= 15 is 0 Å². The molecule has 2 aliphatic rings. The molecule has 1 aromatic rings. The highest BCUT2D eigenvalue weighted by Crippen LogP contribution is 2.43. The van der Waals surface area contributed by atoms with Gasteiger partial charge in [-0.1, -0.05) is 70.4 Å². The third-order valence-electron chi connectivity index (χ3n) is 7.52. The summed E-state index contributed by atoms with van der Waals surface area (Å²) in [6.07, 6.45) is 18.5. The van der Waals surface area contributed by atoms with Crippen LogP contribution in [0.5, 0.6) is 0 Å². The summed E-state index contributed by atoms with van der Waals surface area (Å²) in [6, 6.07) is 4.58. The van der Waals surface area contributed by atoms with E-state index in [0.717, 1.165) is 24.2 Å². The Balaban J connectivity index is 1.35. The van der Waals surface area contributed by atoms with Crippen LogP contribution in [0.3, 0.4) is 0 Å². The van der Waals surface area contributed by atoms with Gasteiger partial charge in [0.1, 0.15) is 0 Å². The molecule has 0 aliphatic heterocycles. The van der Waals surface area contributed by atoms with Gasteiger partial charge in [-0.25, -0.2) is 8.78 Å². The van der Waals surface area contributed by atoms with Gasteiger partial charge in [0, 0.05) is 0 Å². The molecule has 0 nitrogen and oxygen atoms in total. The maximum Gasteiger partial charge on any atom is 0.162 e. The van der Waals surface area contributed by atoms with E-state index in [0.29, 0.717) is 17.9 Å². The summed E-state index contributed by atoms with van der Waals surface area (Å²) >= 11 is 0. The molecule has 2 aliphatic carbocycles. The second-order valence-corrected chi connectivity index (χ2v) is 9.31. The van der Waals surface area contributed by atoms with Crippen molar-refractivity contribution in [2.45, 2.75) is 96.8 Å². The van der Waals surface area contributed by atoms with E-state index in [1.54, 1.807) is 12.1 Å². The highest BCUT2D eigenvalue weighted by molar-refractivity contribution is 5.19. The summed E-state index contributed by atoms with van der Waals surface area (Å²) in [5, 5.41) is 0. The molecule has 3 rings (SSSR count). The second kappa shape index (κ2) is 10.6. The minimum Gasteiger partial charge on any atom is -0.204 e. The summed E-state index contributed by atoms with van der Waals surface area (Å²) < 4.78 is 27.2. The molecule has 0 bridgehead atoms. The predicted molar refractivity (Wildman–Crippen MR) is 110 cm³/mol. The number of benzene rings is 1.